The smallest absolute Gasteiger partial charge is 0.191 e. The van der Waals surface area contributed by atoms with Crippen molar-refractivity contribution in [3.63, 3.8) is 0 Å². The van der Waals surface area contributed by atoms with E-state index in [4.69, 9.17) is 4.74 Å². The zero-order chi connectivity index (χ0) is 15.9. The lowest BCUT2D eigenvalue weighted by Gasteiger charge is -2.24. The van der Waals surface area contributed by atoms with Crippen LogP contribution in [0.5, 0.6) is 5.75 Å². The van der Waals surface area contributed by atoms with Gasteiger partial charge >= 0.3 is 0 Å². The van der Waals surface area contributed by atoms with Crippen LogP contribution in [0.4, 0.5) is 0 Å². The van der Waals surface area contributed by atoms with E-state index in [-0.39, 0.29) is 28.7 Å². The van der Waals surface area contributed by atoms with Crippen LogP contribution in [-0.4, -0.2) is 37.7 Å². The number of aliphatic imine (C=N–C) groups is 1. The monoisotopic (exact) mass is 437 g/mol. The van der Waals surface area contributed by atoms with Gasteiger partial charge < -0.3 is 15.4 Å². The minimum Gasteiger partial charge on any atom is -0.496 e. The number of nitrogens with one attached hydrogen (secondary N) is 2. The van der Waals surface area contributed by atoms with Gasteiger partial charge in [0, 0.05) is 30.4 Å². The van der Waals surface area contributed by atoms with E-state index in [1.807, 2.05) is 17.8 Å². The van der Waals surface area contributed by atoms with Gasteiger partial charge in [0.1, 0.15) is 5.75 Å². The molecule has 0 radical (unpaired) electrons. The van der Waals surface area contributed by atoms with Crippen molar-refractivity contribution in [1.82, 2.24) is 10.6 Å². The average Bonchev–Trinajstić information content (AvgIpc) is 2.48. The Kier molecular flexibility index (Phi) is 9.91. The molecule has 0 amide bonds. The molecule has 1 rings (SSSR count). The van der Waals surface area contributed by atoms with Gasteiger partial charge in [-0.25, -0.2) is 0 Å². The summed E-state index contributed by atoms with van der Waals surface area (Å²) in [6.45, 7) is 8.02. The largest absolute Gasteiger partial charge is 0.496 e. The fourth-order valence-electron chi connectivity index (χ4n) is 1.77. The number of rotatable bonds is 6. The molecule has 0 saturated carbocycles. The highest BCUT2D eigenvalue weighted by molar-refractivity contribution is 14.0. The van der Waals surface area contributed by atoms with Crippen molar-refractivity contribution >= 4 is 41.7 Å². The maximum atomic E-state index is 5.42. The van der Waals surface area contributed by atoms with Crippen molar-refractivity contribution in [2.45, 2.75) is 32.1 Å². The Morgan fingerprint density at radius 2 is 2.00 bits per heavy atom. The predicted molar refractivity (Wildman–Crippen MR) is 109 cm³/mol. The van der Waals surface area contributed by atoms with Crippen LogP contribution in [0.1, 0.15) is 25.0 Å². The molecule has 0 saturated heterocycles. The third-order valence-corrected chi connectivity index (χ3v) is 4.60. The van der Waals surface area contributed by atoms with Gasteiger partial charge in [0.05, 0.1) is 7.11 Å². The molecule has 0 aliphatic rings. The van der Waals surface area contributed by atoms with Gasteiger partial charge in [0.25, 0.3) is 0 Å². The number of hydrogen-bond acceptors (Lipinski definition) is 3. The summed E-state index contributed by atoms with van der Waals surface area (Å²) in [5.74, 6) is 1.71. The van der Waals surface area contributed by atoms with Crippen LogP contribution in [-0.2, 0) is 6.54 Å². The Hall–Kier alpha value is -0.630. The lowest BCUT2D eigenvalue weighted by atomic mass is 10.1. The summed E-state index contributed by atoms with van der Waals surface area (Å²) in [5, 5.41) is 6.68. The minimum absolute atomic E-state index is 0. The van der Waals surface area contributed by atoms with Gasteiger partial charge in [-0.1, -0.05) is 12.1 Å². The van der Waals surface area contributed by atoms with Crippen molar-refractivity contribution in [2.75, 3.05) is 27.0 Å². The van der Waals surface area contributed by atoms with Crippen LogP contribution in [0.3, 0.4) is 0 Å². The van der Waals surface area contributed by atoms with Crippen LogP contribution >= 0.6 is 35.7 Å². The number of methoxy groups -OCH3 is 1. The van der Waals surface area contributed by atoms with E-state index in [1.54, 1.807) is 14.2 Å². The standard InChI is InChI=1S/C16H27N3OS.HI/c1-12-7-8-13(14(9-12)20-5)10-18-15(17-4)19-11-16(2,3)21-6;/h7-9H,10-11H2,1-6H3,(H2,17,18,19);1H. The zero-order valence-corrected chi connectivity index (χ0v) is 17.5. The Morgan fingerprint density at radius 1 is 1.32 bits per heavy atom. The Morgan fingerprint density at radius 3 is 2.55 bits per heavy atom. The summed E-state index contributed by atoms with van der Waals surface area (Å²) in [7, 11) is 3.49. The zero-order valence-electron chi connectivity index (χ0n) is 14.3. The van der Waals surface area contributed by atoms with Crippen LogP contribution < -0.4 is 15.4 Å². The van der Waals surface area contributed by atoms with E-state index in [2.05, 4.69) is 54.8 Å². The van der Waals surface area contributed by atoms with Crippen LogP contribution in [0.25, 0.3) is 0 Å². The second-order valence-corrected chi connectivity index (χ2v) is 7.07. The normalized spacial score (nSPS) is 11.6. The van der Waals surface area contributed by atoms with E-state index < -0.39 is 0 Å². The summed E-state index contributed by atoms with van der Waals surface area (Å²) < 4.78 is 5.60. The fraction of sp³-hybridized carbons (Fsp3) is 0.562. The molecule has 6 heteroatoms. The number of ether oxygens (including phenoxy) is 1. The molecule has 0 spiro atoms. The number of nitrogens with zero attached hydrogens (tertiary/aromatic N) is 1. The van der Waals surface area contributed by atoms with Crippen molar-refractivity contribution < 1.29 is 4.74 Å². The number of halogens is 1. The average molecular weight is 437 g/mol. The van der Waals surface area contributed by atoms with Crippen LogP contribution in [0.15, 0.2) is 23.2 Å². The highest BCUT2D eigenvalue weighted by Gasteiger charge is 2.16. The maximum absolute atomic E-state index is 5.42. The molecule has 0 aromatic heterocycles. The van der Waals surface area contributed by atoms with Crippen molar-refractivity contribution in [2.24, 2.45) is 4.99 Å². The topological polar surface area (TPSA) is 45.7 Å². The number of hydrogen-bond donors (Lipinski definition) is 2. The third kappa shape index (κ3) is 7.09. The van der Waals surface area contributed by atoms with E-state index >= 15 is 0 Å². The van der Waals surface area contributed by atoms with E-state index in [1.165, 1.54) is 5.56 Å². The molecule has 126 valence electrons. The molecule has 2 N–H and O–H groups in total. The molecule has 0 fully saturated rings. The summed E-state index contributed by atoms with van der Waals surface area (Å²) in [5.41, 5.74) is 2.31. The van der Waals surface area contributed by atoms with Gasteiger partial charge in [0.2, 0.25) is 0 Å². The maximum Gasteiger partial charge on any atom is 0.191 e. The fourth-order valence-corrected chi connectivity index (χ4v) is 1.98. The Balaban J connectivity index is 0.00000441. The molecular weight excluding hydrogens is 409 g/mol. The van der Waals surface area contributed by atoms with Gasteiger partial charge in [-0.05, 0) is 38.7 Å². The Labute approximate surface area is 155 Å². The molecule has 0 aliphatic heterocycles. The first kappa shape index (κ1) is 21.4. The van der Waals surface area contributed by atoms with Gasteiger partial charge in [0.15, 0.2) is 5.96 Å². The van der Waals surface area contributed by atoms with Crippen molar-refractivity contribution in [3.8, 4) is 5.75 Å². The molecular formula is C16H28IN3OS. The van der Waals surface area contributed by atoms with Crippen LogP contribution in [0.2, 0.25) is 0 Å². The van der Waals surface area contributed by atoms with E-state index in [0.717, 1.165) is 23.8 Å². The lowest BCUT2D eigenvalue weighted by molar-refractivity contribution is 0.408. The van der Waals surface area contributed by atoms with Gasteiger partial charge in [-0.2, -0.15) is 11.8 Å². The third-order valence-electron chi connectivity index (χ3n) is 3.35. The van der Waals surface area contributed by atoms with Crippen molar-refractivity contribution in [3.05, 3.63) is 29.3 Å². The quantitative estimate of drug-likeness (QED) is 0.407. The molecule has 0 heterocycles. The summed E-state index contributed by atoms with van der Waals surface area (Å²) in [6.07, 6.45) is 2.12. The molecule has 0 bridgehead atoms. The molecule has 1 aromatic carbocycles. The second kappa shape index (κ2) is 10.2. The van der Waals surface area contributed by atoms with E-state index in [0.29, 0.717) is 6.54 Å². The molecule has 1 aromatic rings. The first-order valence-corrected chi connectivity index (χ1v) is 8.27. The SMILES string of the molecule is CN=C(NCc1ccc(C)cc1OC)NCC(C)(C)SC.I. The number of aryl methyl sites for hydroxylation is 1. The van der Waals surface area contributed by atoms with Crippen molar-refractivity contribution in [1.29, 1.82) is 0 Å². The van der Waals surface area contributed by atoms with E-state index in [9.17, 15) is 0 Å². The highest BCUT2D eigenvalue weighted by atomic mass is 127. The Bertz CT molecular complexity index is 492. The highest BCUT2D eigenvalue weighted by Crippen LogP contribution is 2.20. The summed E-state index contributed by atoms with van der Waals surface area (Å²) in [6, 6.07) is 6.22. The lowest BCUT2D eigenvalue weighted by Crippen LogP contribution is -2.43. The summed E-state index contributed by atoms with van der Waals surface area (Å²) >= 11 is 1.84. The predicted octanol–water partition coefficient (Wildman–Crippen LogP) is 3.43. The first-order valence-electron chi connectivity index (χ1n) is 7.05. The van der Waals surface area contributed by atoms with Crippen LogP contribution in [0, 0.1) is 6.92 Å². The summed E-state index contributed by atoms with van der Waals surface area (Å²) in [4.78, 5) is 4.26. The van der Waals surface area contributed by atoms with Gasteiger partial charge in [-0.15, -0.1) is 24.0 Å². The number of guanidine groups is 1. The minimum atomic E-state index is 0. The number of benzene rings is 1. The first-order chi connectivity index (χ1) is 9.91. The molecule has 4 nitrogen and oxygen atoms in total. The molecule has 0 unspecified atom stereocenters. The molecule has 0 atom stereocenters. The second-order valence-electron chi connectivity index (χ2n) is 5.56. The number of thioether (sulfide) groups is 1. The van der Waals surface area contributed by atoms with Gasteiger partial charge in [-0.3, -0.25) is 4.99 Å². The molecule has 22 heavy (non-hydrogen) atoms. The molecule has 0 aliphatic carbocycles.